The van der Waals surface area contributed by atoms with Crippen LogP contribution in [0.25, 0.3) is 11.3 Å². The molecule has 23 heavy (non-hydrogen) atoms. The van der Waals surface area contributed by atoms with Crippen LogP contribution in [0, 0.1) is 6.92 Å². The Morgan fingerprint density at radius 2 is 1.83 bits per heavy atom. The molecule has 0 spiro atoms. The molecule has 0 atom stereocenters. The molecule has 1 aromatic heterocycles. The number of rotatable bonds is 2. The van der Waals surface area contributed by atoms with Crippen LogP contribution in [-0.2, 0) is 16.6 Å². The number of nitrogens with zero attached hydrogens (tertiary/aromatic N) is 2. The van der Waals surface area contributed by atoms with E-state index in [-0.39, 0.29) is 4.90 Å². The van der Waals surface area contributed by atoms with Gasteiger partial charge in [-0.1, -0.05) is 29.8 Å². The predicted molar refractivity (Wildman–Crippen MR) is 85.8 cm³/mol. The van der Waals surface area contributed by atoms with Gasteiger partial charge < -0.3 is 4.74 Å². The minimum Gasteiger partial charge on any atom is -0.488 e. The summed E-state index contributed by atoms with van der Waals surface area (Å²) in [6.07, 6.45) is 1.53. The highest BCUT2D eigenvalue weighted by atomic mass is 32.2. The van der Waals surface area contributed by atoms with Gasteiger partial charge in [-0.15, -0.1) is 0 Å². The SMILES string of the molecule is Cc1ccc(S(=O)(=O)n2cc3c(n2)-c2ccccc2OC3)cc1. The zero-order chi connectivity index (χ0) is 16.0. The van der Waals surface area contributed by atoms with E-state index in [4.69, 9.17) is 4.74 Å². The molecule has 0 bridgehead atoms. The van der Waals surface area contributed by atoms with Crippen LogP contribution >= 0.6 is 0 Å². The molecular formula is C17H14N2O3S. The third kappa shape index (κ3) is 2.22. The second kappa shape index (κ2) is 4.96. The van der Waals surface area contributed by atoms with Crippen LogP contribution in [0.15, 0.2) is 59.6 Å². The van der Waals surface area contributed by atoms with E-state index in [0.717, 1.165) is 26.5 Å². The predicted octanol–water partition coefficient (Wildman–Crippen LogP) is 2.99. The fraction of sp³-hybridized carbons (Fsp3) is 0.118. The van der Waals surface area contributed by atoms with Crippen LogP contribution < -0.4 is 4.74 Å². The Kier molecular flexibility index (Phi) is 3.02. The Morgan fingerprint density at radius 1 is 1.09 bits per heavy atom. The lowest BCUT2D eigenvalue weighted by atomic mass is 10.1. The molecule has 6 heteroatoms. The number of para-hydroxylation sites is 1. The van der Waals surface area contributed by atoms with Crippen molar-refractivity contribution in [3.05, 3.63) is 65.9 Å². The lowest BCUT2D eigenvalue weighted by Gasteiger charge is -2.15. The number of aromatic nitrogens is 2. The summed E-state index contributed by atoms with van der Waals surface area (Å²) >= 11 is 0. The molecule has 1 aliphatic heterocycles. The first-order chi connectivity index (χ1) is 11.1. The summed E-state index contributed by atoms with van der Waals surface area (Å²) in [5.74, 6) is 0.720. The van der Waals surface area contributed by atoms with Crippen molar-refractivity contribution in [2.45, 2.75) is 18.4 Å². The van der Waals surface area contributed by atoms with Gasteiger partial charge in [0, 0.05) is 11.1 Å². The van der Waals surface area contributed by atoms with E-state index in [1.165, 1.54) is 6.20 Å². The van der Waals surface area contributed by atoms with E-state index in [0.29, 0.717) is 12.3 Å². The Labute approximate surface area is 134 Å². The standard InChI is InChI=1S/C17H14N2O3S/c1-12-6-8-14(9-7-12)23(20,21)19-10-13-11-22-16-5-3-2-4-15(16)17(13)18-19/h2-10H,11H2,1H3. The maximum Gasteiger partial charge on any atom is 0.282 e. The summed E-state index contributed by atoms with van der Waals surface area (Å²) in [4.78, 5) is 0.220. The Balaban J connectivity index is 1.84. The number of hydrogen-bond acceptors (Lipinski definition) is 4. The molecule has 0 unspecified atom stereocenters. The quantitative estimate of drug-likeness (QED) is 0.726. The molecule has 116 valence electrons. The molecule has 0 saturated heterocycles. The monoisotopic (exact) mass is 326 g/mol. The van der Waals surface area contributed by atoms with E-state index in [2.05, 4.69) is 5.10 Å². The zero-order valence-electron chi connectivity index (χ0n) is 12.4. The van der Waals surface area contributed by atoms with Crippen molar-refractivity contribution in [2.24, 2.45) is 0 Å². The van der Waals surface area contributed by atoms with E-state index >= 15 is 0 Å². The molecule has 0 aliphatic carbocycles. The van der Waals surface area contributed by atoms with Gasteiger partial charge in [-0.3, -0.25) is 0 Å². The second-order valence-corrected chi connectivity index (χ2v) is 7.27. The highest BCUT2D eigenvalue weighted by Crippen LogP contribution is 2.36. The molecule has 0 radical (unpaired) electrons. The number of ether oxygens (including phenoxy) is 1. The molecule has 0 amide bonds. The third-order valence-corrected chi connectivity index (χ3v) is 5.41. The molecular weight excluding hydrogens is 312 g/mol. The summed E-state index contributed by atoms with van der Waals surface area (Å²) in [5, 5.41) is 4.31. The van der Waals surface area contributed by atoms with Gasteiger partial charge in [-0.2, -0.15) is 17.6 Å². The Morgan fingerprint density at radius 3 is 2.61 bits per heavy atom. The van der Waals surface area contributed by atoms with Crippen LogP contribution in [-0.4, -0.2) is 17.6 Å². The van der Waals surface area contributed by atoms with Gasteiger partial charge in [0.05, 0.1) is 11.1 Å². The van der Waals surface area contributed by atoms with Crippen molar-refractivity contribution in [2.75, 3.05) is 0 Å². The number of fused-ring (bicyclic) bond motifs is 3. The van der Waals surface area contributed by atoms with Crippen LogP contribution in [0.2, 0.25) is 0 Å². The van der Waals surface area contributed by atoms with Gasteiger partial charge in [-0.25, -0.2) is 0 Å². The van der Waals surface area contributed by atoms with Crippen molar-refractivity contribution < 1.29 is 13.2 Å². The van der Waals surface area contributed by atoms with Crippen molar-refractivity contribution in [1.82, 2.24) is 9.19 Å². The van der Waals surface area contributed by atoms with Crippen molar-refractivity contribution >= 4 is 10.0 Å². The minimum absolute atomic E-state index is 0.220. The van der Waals surface area contributed by atoms with Crippen LogP contribution in [0.4, 0.5) is 0 Å². The molecule has 0 saturated carbocycles. The van der Waals surface area contributed by atoms with E-state index in [9.17, 15) is 8.42 Å². The summed E-state index contributed by atoms with van der Waals surface area (Å²) in [6, 6.07) is 14.2. The van der Waals surface area contributed by atoms with Crippen LogP contribution in [0.3, 0.4) is 0 Å². The van der Waals surface area contributed by atoms with Crippen molar-refractivity contribution in [3.8, 4) is 17.0 Å². The fourth-order valence-electron chi connectivity index (χ4n) is 2.60. The summed E-state index contributed by atoms with van der Waals surface area (Å²) in [5.41, 5.74) is 3.24. The summed E-state index contributed by atoms with van der Waals surface area (Å²) < 4.78 is 32.2. The van der Waals surface area contributed by atoms with E-state index in [1.807, 2.05) is 31.2 Å². The first-order valence-electron chi connectivity index (χ1n) is 7.19. The Hall–Kier alpha value is -2.60. The van der Waals surface area contributed by atoms with Crippen molar-refractivity contribution in [3.63, 3.8) is 0 Å². The van der Waals surface area contributed by atoms with Gasteiger partial charge in [0.1, 0.15) is 18.1 Å². The zero-order valence-corrected chi connectivity index (χ0v) is 13.2. The minimum atomic E-state index is -3.70. The maximum absolute atomic E-state index is 12.7. The topological polar surface area (TPSA) is 61.2 Å². The van der Waals surface area contributed by atoms with E-state index < -0.39 is 10.0 Å². The number of aryl methyl sites for hydroxylation is 1. The summed E-state index contributed by atoms with van der Waals surface area (Å²) in [7, 11) is -3.70. The lowest BCUT2D eigenvalue weighted by Crippen LogP contribution is -2.13. The second-order valence-electron chi connectivity index (χ2n) is 5.48. The number of benzene rings is 2. The lowest BCUT2D eigenvalue weighted by molar-refractivity contribution is 0.302. The maximum atomic E-state index is 12.7. The first kappa shape index (κ1) is 14.0. The molecule has 2 heterocycles. The first-order valence-corrected chi connectivity index (χ1v) is 8.63. The highest BCUT2D eigenvalue weighted by molar-refractivity contribution is 7.89. The van der Waals surface area contributed by atoms with Crippen molar-refractivity contribution in [1.29, 1.82) is 0 Å². The average Bonchev–Trinajstić information content (AvgIpc) is 3.01. The molecule has 5 nitrogen and oxygen atoms in total. The van der Waals surface area contributed by atoms with Crippen LogP contribution in [0.5, 0.6) is 5.75 Å². The molecule has 2 aromatic carbocycles. The van der Waals surface area contributed by atoms with Gasteiger partial charge in [0.2, 0.25) is 0 Å². The molecule has 1 aliphatic rings. The Bertz CT molecular complexity index is 989. The molecule has 0 N–H and O–H groups in total. The number of hydrogen-bond donors (Lipinski definition) is 0. The molecule has 3 aromatic rings. The third-order valence-electron chi connectivity index (χ3n) is 3.86. The molecule has 0 fully saturated rings. The molecule has 4 rings (SSSR count). The van der Waals surface area contributed by atoms with Gasteiger partial charge in [-0.05, 0) is 31.2 Å². The smallest absolute Gasteiger partial charge is 0.282 e. The average molecular weight is 326 g/mol. The van der Waals surface area contributed by atoms with Crippen LogP contribution in [0.1, 0.15) is 11.1 Å². The van der Waals surface area contributed by atoms with Gasteiger partial charge >= 0.3 is 0 Å². The fourth-order valence-corrected chi connectivity index (χ4v) is 3.75. The van der Waals surface area contributed by atoms with Gasteiger partial charge in [0.25, 0.3) is 10.0 Å². The normalized spacial score (nSPS) is 13.1. The van der Waals surface area contributed by atoms with Gasteiger partial charge in [0.15, 0.2) is 0 Å². The highest BCUT2D eigenvalue weighted by Gasteiger charge is 2.25. The van der Waals surface area contributed by atoms with E-state index in [1.54, 1.807) is 24.3 Å². The largest absolute Gasteiger partial charge is 0.488 e. The summed E-state index contributed by atoms with van der Waals surface area (Å²) in [6.45, 7) is 2.23.